The summed E-state index contributed by atoms with van der Waals surface area (Å²) in [5.41, 5.74) is 0. The molecule has 0 heterocycles. The Morgan fingerprint density at radius 3 is 1.42 bits per heavy atom. The van der Waals surface area contributed by atoms with Gasteiger partial charge in [0.05, 0.1) is 25.4 Å². The topological polar surface area (TPSA) is 95.9 Å². The van der Waals surface area contributed by atoms with Crippen LogP contribution in [0.25, 0.3) is 0 Å². The molecule has 0 saturated heterocycles. The summed E-state index contributed by atoms with van der Waals surface area (Å²) in [7, 11) is 0. The van der Waals surface area contributed by atoms with E-state index in [2.05, 4.69) is 55.6 Å². The lowest BCUT2D eigenvalue weighted by Crippen LogP contribution is -2.45. The van der Waals surface area contributed by atoms with Crippen LogP contribution in [0.15, 0.2) is 48.6 Å². The number of aliphatic hydroxyl groups excluding tert-OH is 2. The van der Waals surface area contributed by atoms with Crippen LogP contribution in [-0.2, 0) is 14.3 Å². The highest BCUT2D eigenvalue weighted by molar-refractivity contribution is 5.76. The maximum absolute atomic E-state index is 12.4. The van der Waals surface area contributed by atoms with E-state index < -0.39 is 12.1 Å². The molecule has 1 amide bonds. The van der Waals surface area contributed by atoms with E-state index in [9.17, 15) is 19.8 Å². The fourth-order valence-corrected chi connectivity index (χ4v) is 7.02. The summed E-state index contributed by atoms with van der Waals surface area (Å²) < 4.78 is 5.43. The van der Waals surface area contributed by atoms with Gasteiger partial charge in [-0.2, -0.15) is 0 Å². The number of carbonyl (C=O) groups excluding carboxylic acids is 2. The molecule has 0 aromatic carbocycles. The second-order valence-electron chi connectivity index (χ2n) is 16.4. The highest BCUT2D eigenvalue weighted by atomic mass is 16.5. The molecule has 0 spiro atoms. The summed E-state index contributed by atoms with van der Waals surface area (Å²) in [4.78, 5) is 24.4. The van der Waals surface area contributed by atoms with Gasteiger partial charge in [0.25, 0.3) is 0 Å². The molecule has 0 aromatic rings. The largest absolute Gasteiger partial charge is 0.466 e. The third kappa shape index (κ3) is 43.2. The summed E-state index contributed by atoms with van der Waals surface area (Å²) in [5.74, 6) is -0.114. The Balaban J connectivity index is 3.53. The third-order valence-corrected chi connectivity index (χ3v) is 10.8. The number of esters is 1. The van der Waals surface area contributed by atoms with Gasteiger partial charge in [-0.05, 0) is 83.5 Å². The van der Waals surface area contributed by atoms with Crippen molar-refractivity contribution in [2.45, 2.75) is 251 Å². The number of rotatable bonds is 44. The second kappa shape index (κ2) is 46.5. The van der Waals surface area contributed by atoms with E-state index in [4.69, 9.17) is 4.74 Å². The molecule has 0 rings (SSSR count). The average Bonchev–Trinajstić information content (AvgIpc) is 3.21. The van der Waals surface area contributed by atoms with Crippen LogP contribution < -0.4 is 5.32 Å². The molecular formula is C51H93NO5. The zero-order chi connectivity index (χ0) is 41.5. The van der Waals surface area contributed by atoms with Gasteiger partial charge in [-0.25, -0.2) is 0 Å². The lowest BCUT2D eigenvalue weighted by atomic mass is 10.1. The molecule has 0 aliphatic rings. The predicted octanol–water partition coefficient (Wildman–Crippen LogP) is 14.3. The zero-order valence-corrected chi connectivity index (χ0v) is 37.6. The Bertz CT molecular complexity index is 973. The smallest absolute Gasteiger partial charge is 0.305 e. The van der Waals surface area contributed by atoms with Crippen LogP contribution in [0.2, 0.25) is 0 Å². The van der Waals surface area contributed by atoms with Crippen molar-refractivity contribution < 1.29 is 24.5 Å². The molecule has 57 heavy (non-hydrogen) atoms. The van der Waals surface area contributed by atoms with Crippen LogP contribution in [0, 0.1) is 0 Å². The van der Waals surface area contributed by atoms with E-state index in [0.717, 1.165) is 83.5 Å². The molecule has 2 atom stereocenters. The Morgan fingerprint density at radius 1 is 0.491 bits per heavy atom. The SMILES string of the molecule is CCC/C=C\C/C=C\CCCCCCCC(=O)OCCCCCC/C=C\CCCCCCCCCC(=O)NC(CO)C(O)/C=C/CCCCCCCCCCCC. The minimum absolute atomic E-state index is 0.0278. The molecule has 0 radical (unpaired) electrons. The molecule has 2 unspecified atom stereocenters. The van der Waals surface area contributed by atoms with Gasteiger partial charge < -0.3 is 20.3 Å². The molecule has 0 fully saturated rings. The monoisotopic (exact) mass is 800 g/mol. The molecule has 3 N–H and O–H groups in total. The highest BCUT2D eigenvalue weighted by Crippen LogP contribution is 2.14. The Morgan fingerprint density at radius 2 is 0.912 bits per heavy atom. The summed E-state index contributed by atoms with van der Waals surface area (Å²) in [5, 5.41) is 23.0. The van der Waals surface area contributed by atoms with Crippen LogP contribution in [0.5, 0.6) is 0 Å². The lowest BCUT2D eigenvalue weighted by molar-refractivity contribution is -0.143. The molecular weight excluding hydrogens is 707 g/mol. The van der Waals surface area contributed by atoms with E-state index in [0.29, 0.717) is 19.4 Å². The molecule has 0 aromatic heterocycles. The maximum Gasteiger partial charge on any atom is 0.305 e. The van der Waals surface area contributed by atoms with Crippen LogP contribution in [0.4, 0.5) is 0 Å². The predicted molar refractivity (Wildman–Crippen MR) is 245 cm³/mol. The van der Waals surface area contributed by atoms with Gasteiger partial charge in [0.1, 0.15) is 0 Å². The number of hydrogen-bond donors (Lipinski definition) is 3. The van der Waals surface area contributed by atoms with Gasteiger partial charge in [-0.15, -0.1) is 0 Å². The number of hydrogen-bond acceptors (Lipinski definition) is 5. The van der Waals surface area contributed by atoms with E-state index in [1.807, 2.05) is 6.08 Å². The van der Waals surface area contributed by atoms with Gasteiger partial charge in [0.15, 0.2) is 0 Å². The van der Waals surface area contributed by atoms with E-state index in [1.165, 1.54) is 128 Å². The van der Waals surface area contributed by atoms with Crippen LogP contribution >= 0.6 is 0 Å². The van der Waals surface area contributed by atoms with Crippen LogP contribution in [0.1, 0.15) is 239 Å². The van der Waals surface area contributed by atoms with Crippen molar-refractivity contribution in [2.24, 2.45) is 0 Å². The quantitative estimate of drug-likeness (QED) is 0.0324. The van der Waals surface area contributed by atoms with Gasteiger partial charge >= 0.3 is 5.97 Å². The molecule has 332 valence electrons. The summed E-state index contributed by atoms with van der Waals surface area (Å²) in [6.45, 7) is 4.77. The van der Waals surface area contributed by atoms with Crippen molar-refractivity contribution in [1.82, 2.24) is 5.32 Å². The first kappa shape index (κ1) is 54.8. The first-order chi connectivity index (χ1) is 28.0. The van der Waals surface area contributed by atoms with Gasteiger partial charge in [-0.3, -0.25) is 9.59 Å². The van der Waals surface area contributed by atoms with Crippen molar-refractivity contribution in [1.29, 1.82) is 0 Å². The molecule has 6 nitrogen and oxygen atoms in total. The number of aliphatic hydroxyl groups is 2. The van der Waals surface area contributed by atoms with Gasteiger partial charge in [-0.1, -0.05) is 191 Å². The third-order valence-electron chi connectivity index (χ3n) is 10.8. The van der Waals surface area contributed by atoms with Crippen molar-refractivity contribution in [3.63, 3.8) is 0 Å². The summed E-state index contributed by atoms with van der Waals surface area (Å²) in [6, 6.07) is -0.639. The second-order valence-corrected chi connectivity index (χ2v) is 16.4. The number of ether oxygens (including phenoxy) is 1. The molecule has 0 aliphatic heterocycles. The minimum atomic E-state index is -0.854. The summed E-state index contributed by atoms with van der Waals surface area (Å²) >= 11 is 0. The molecule has 0 aliphatic carbocycles. The van der Waals surface area contributed by atoms with E-state index in [-0.39, 0.29) is 18.5 Å². The van der Waals surface area contributed by atoms with Crippen molar-refractivity contribution in [3.8, 4) is 0 Å². The first-order valence-electron chi connectivity index (χ1n) is 24.4. The Kier molecular flexibility index (Phi) is 44.7. The van der Waals surface area contributed by atoms with Crippen LogP contribution in [-0.4, -0.2) is 47.4 Å². The maximum atomic E-state index is 12.4. The highest BCUT2D eigenvalue weighted by Gasteiger charge is 2.18. The fraction of sp³-hybridized carbons (Fsp3) is 0.804. The minimum Gasteiger partial charge on any atom is -0.466 e. The standard InChI is InChI=1S/C51H93NO5/c1-3-5-7-9-11-13-15-20-25-29-33-37-41-45-51(56)57-46-42-38-34-30-26-22-19-17-18-21-24-28-32-36-40-44-50(55)52-48(47-53)49(54)43-39-35-31-27-23-16-14-12-10-8-6-4-2/h7,9,13,15,19,22,39,43,48-49,53-54H,3-6,8,10-12,14,16-18,20-21,23-38,40-42,44-47H2,1-2H3,(H,52,55)/b9-7-,15-13-,22-19-,43-39+. The van der Waals surface area contributed by atoms with E-state index >= 15 is 0 Å². The number of carbonyl (C=O) groups is 2. The number of nitrogens with one attached hydrogen (secondary N) is 1. The normalized spacial score (nSPS) is 13.1. The fourth-order valence-electron chi connectivity index (χ4n) is 7.02. The average molecular weight is 800 g/mol. The zero-order valence-electron chi connectivity index (χ0n) is 37.6. The molecule has 6 heteroatoms. The van der Waals surface area contributed by atoms with Gasteiger partial charge in [0, 0.05) is 12.8 Å². The van der Waals surface area contributed by atoms with Crippen LogP contribution in [0.3, 0.4) is 0 Å². The summed E-state index contributed by atoms with van der Waals surface area (Å²) in [6.07, 6.45) is 56.7. The number of unbranched alkanes of at least 4 members (excludes halogenated alkanes) is 27. The van der Waals surface area contributed by atoms with Crippen molar-refractivity contribution in [3.05, 3.63) is 48.6 Å². The first-order valence-corrected chi connectivity index (χ1v) is 24.4. The lowest BCUT2D eigenvalue weighted by Gasteiger charge is -2.20. The Hall–Kier alpha value is -2.18. The molecule has 0 saturated carbocycles. The van der Waals surface area contributed by atoms with Gasteiger partial charge in [0.2, 0.25) is 5.91 Å². The Labute approximate surface area is 353 Å². The number of allylic oxidation sites excluding steroid dienone is 7. The van der Waals surface area contributed by atoms with Crippen molar-refractivity contribution >= 4 is 11.9 Å². The molecule has 0 bridgehead atoms. The van der Waals surface area contributed by atoms with E-state index in [1.54, 1.807) is 6.08 Å². The number of amides is 1. The van der Waals surface area contributed by atoms with Crippen molar-refractivity contribution in [2.75, 3.05) is 13.2 Å².